The summed E-state index contributed by atoms with van der Waals surface area (Å²) in [7, 11) is 0. The van der Waals surface area contributed by atoms with Crippen molar-refractivity contribution in [2.45, 2.75) is 25.4 Å². The minimum absolute atomic E-state index is 0.0896. The fourth-order valence-corrected chi connectivity index (χ4v) is 2.29. The first kappa shape index (κ1) is 15.2. The van der Waals surface area contributed by atoms with E-state index in [-0.39, 0.29) is 11.8 Å². The van der Waals surface area contributed by atoms with Gasteiger partial charge in [-0.25, -0.2) is 0 Å². The quantitative estimate of drug-likeness (QED) is 0.856. The molecule has 0 saturated carbocycles. The van der Waals surface area contributed by atoms with Crippen LogP contribution in [-0.4, -0.2) is 28.6 Å². The van der Waals surface area contributed by atoms with Crippen LogP contribution in [0.5, 0.6) is 0 Å². The van der Waals surface area contributed by atoms with Gasteiger partial charge in [-0.3, -0.25) is 9.78 Å². The van der Waals surface area contributed by atoms with Gasteiger partial charge in [0.05, 0.1) is 11.7 Å². The summed E-state index contributed by atoms with van der Waals surface area (Å²) in [4.78, 5) is 16.0. The molecule has 4 nitrogen and oxygen atoms in total. The summed E-state index contributed by atoms with van der Waals surface area (Å²) in [6, 6.07) is 13.4. The number of hydrogen-bond acceptors (Lipinski definition) is 3. The summed E-state index contributed by atoms with van der Waals surface area (Å²) >= 11 is 0. The van der Waals surface area contributed by atoms with Gasteiger partial charge in [-0.2, -0.15) is 0 Å². The van der Waals surface area contributed by atoms with E-state index in [0.29, 0.717) is 18.5 Å². The van der Waals surface area contributed by atoms with Gasteiger partial charge >= 0.3 is 0 Å². The van der Waals surface area contributed by atoms with Crippen molar-refractivity contribution in [2.75, 3.05) is 6.54 Å². The second-order valence-electron chi connectivity index (χ2n) is 5.14. The zero-order valence-corrected chi connectivity index (χ0v) is 12.1. The van der Waals surface area contributed by atoms with Crippen molar-refractivity contribution in [3.05, 3.63) is 66.0 Å². The lowest BCUT2D eigenvalue weighted by Crippen LogP contribution is -2.29. The zero-order valence-electron chi connectivity index (χ0n) is 12.1. The van der Waals surface area contributed by atoms with Gasteiger partial charge in [-0.15, -0.1) is 0 Å². The maximum atomic E-state index is 12.1. The highest BCUT2D eigenvalue weighted by Gasteiger charge is 2.15. The molecular weight excluding hydrogens is 264 g/mol. The number of pyridine rings is 1. The van der Waals surface area contributed by atoms with Crippen molar-refractivity contribution >= 4 is 5.91 Å². The topological polar surface area (TPSA) is 62.2 Å². The number of nitrogens with zero attached hydrogens (tertiary/aromatic N) is 1. The van der Waals surface area contributed by atoms with Crippen molar-refractivity contribution < 1.29 is 9.90 Å². The van der Waals surface area contributed by atoms with Crippen LogP contribution in [0.2, 0.25) is 0 Å². The molecule has 2 rings (SSSR count). The zero-order chi connectivity index (χ0) is 15.1. The molecule has 0 spiro atoms. The highest BCUT2D eigenvalue weighted by molar-refractivity contribution is 5.93. The Labute approximate surface area is 124 Å². The predicted molar refractivity (Wildman–Crippen MR) is 82.1 cm³/mol. The van der Waals surface area contributed by atoms with Gasteiger partial charge in [0.2, 0.25) is 0 Å². The molecule has 1 amide bonds. The first-order chi connectivity index (χ1) is 10.2. The van der Waals surface area contributed by atoms with Crippen LogP contribution in [0.25, 0.3) is 0 Å². The van der Waals surface area contributed by atoms with Crippen molar-refractivity contribution in [1.29, 1.82) is 0 Å². The number of amides is 1. The van der Waals surface area contributed by atoms with E-state index in [1.165, 1.54) is 0 Å². The Balaban J connectivity index is 2.01. The number of carbonyl (C=O) groups excluding carboxylic acids is 1. The number of carbonyl (C=O) groups is 1. The second kappa shape index (κ2) is 7.55. The molecule has 2 atom stereocenters. The average Bonchev–Trinajstić information content (AvgIpc) is 2.52. The monoisotopic (exact) mass is 284 g/mol. The largest absolute Gasteiger partial charge is 0.393 e. The molecule has 21 heavy (non-hydrogen) atoms. The van der Waals surface area contributed by atoms with E-state index in [4.69, 9.17) is 0 Å². The van der Waals surface area contributed by atoms with E-state index in [9.17, 15) is 9.90 Å². The lowest BCUT2D eigenvalue weighted by Gasteiger charge is -2.19. The van der Waals surface area contributed by atoms with Gasteiger partial charge in [0.25, 0.3) is 5.91 Å². The van der Waals surface area contributed by atoms with Crippen LogP contribution in [0.15, 0.2) is 54.9 Å². The summed E-state index contributed by atoms with van der Waals surface area (Å²) in [6.45, 7) is 2.25. The minimum atomic E-state index is -0.412. The van der Waals surface area contributed by atoms with E-state index < -0.39 is 6.10 Å². The van der Waals surface area contributed by atoms with Gasteiger partial charge in [0.15, 0.2) is 0 Å². The molecule has 1 aromatic heterocycles. The maximum Gasteiger partial charge on any atom is 0.252 e. The summed E-state index contributed by atoms with van der Waals surface area (Å²) < 4.78 is 0. The average molecular weight is 284 g/mol. The van der Waals surface area contributed by atoms with E-state index >= 15 is 0 Å². The smallest absolute Gasteiger partial charge is 0.252 e. The second-order valence-corrected chi connectivity index (χ2v) is 5.14. The summed E-state index contributed by atoms with van der Waals surface area (Å²) in [5.41, 5.74) is 1.66. The molecule has 0 radical (unpaired) electrons. The molecule has 4 heteroatoms. The van der Waals surface area contributed by atoms with Crippen molar-refractivity contribution in [3.8, 4) is 0 Å². The Morgan fingerprint density at radius 1 is 1.24 bits per heavy atom. The van der Waals surface area contributed by atoms with E-state index in [0.717, 1.165) is 5.56 Å². The van der Waals surface area contributed by atoms with Gasteiger partial charge in [0.1, 0.15) is 0 Å². The molecule has 0 aliphatic carbocycles. The Morgan fingerprint density at radius 2 is 2.00 bits per heavy atom. The third kappa shape index (κ3) is 4.68. The molecule has 0 aliphatic heterocycles. The van der Waals surface area contributed by atoms with Crippen LogP contribution in [-0.2, 0) is 0 Å². The molecular formula is C17H20N2O2. The molecule has 0 saturated heterocycles. The van der Waals surface area contributed by atoms with Crippen LogP contribution in [0.3, 0.4) is 0 Å². The highest BCUT2D eigenvalue weighted by Crippen LogP contribution is 2.20. The summed E-state index contributed by atoms with van der Waals surface area (Å²) in [5, 5.41) is 12.6. The first-order valence-corrected chi connectivity index (χ1v) is 7.08. The number of hydrogen-bond donors (Lipinski definition) is 2. The number of rotatable bonds is 6. The fourth-order valence-electron chi connectivity index (χ4n) is 2.29. The number of aliphatic hydroxyl groups excluding tert-OH is 1. The van der Waals surface area contributed by atoms with E-state index in [1.54, 1.807) is 31.5 Å². The van der Waals surface area contributed by atoms with Gasteiger partial charge in [-0.1, -0.05) is 30.3 Å². The van der Waals surface area contributed by atoms with Crippen LogP contribution in [0, 0.1) is 0 Å². The number of benzene rings is 1. The molecule has 1 aromatic carbocycles. The van der Waals surface area contributed by atoms with Crippen LogP contribution in [0.1, 0.15) is 35.2 Å². The van der Waals surface area contributed by atoms with E-state index in [1.807, 2.05) is 30.3 Å². The Hall–Kier alpha value is -2.20. The first-order valence-electron chi connectivity index (χ1n) is 7.08. The fraction of sp³-hybridized carbons (Fsp3) is 0.294. The summed E-state index contributed by atoms with van der Waals surface area (Å²) in [5.74, 6) is -0.0542. The molecule has 2 unspecified atom stereocenters. The number of aliphatic hydroxyl groups is 1. The molecule has 1 heterocycles. The Morgan fingerprint density at radius 3 is 2.62 bits per heavy atom. The Kier molecular flexibility index (Phi) is 5.46. The molecule has 110 valence electrons. The van der Waals surface area contributed by atoms with Gasteiger partial charge in [0, 0.05) is 24.9 Å². The minimum Gasteiger partial charge on any atom is -0.393 e. The normalized spacial score (nSPS) is 13.4. The van der Waals surface area contributed by atoms with Gasteiger partial charge in [-0.05, 0) is 31.0 Å². The predicted octanol–water partition coefficient (Wildman–Crippen LogP) is 2.37. The van der Waals surface area contributed by atoms with Gasteiger partial charge < -0.3 is 10.4 Å². The Bertz CT molecular complexity index is 556. The van der Waals surface area contributed by atoms with Crippen LogP contribution in [0.4, 0.5) is 0 Å². The van der Waals surface area contributed by atoms with Crippen LogP contribution < -0.4 is 5.32 Å². The lowest BCUT2D eigenvalue weighted by atomic mass is 9.93. The van der Waals surface area contributed by atoms with E-state index in [2.05, 4.69) is 10.3 Å². The molecule has 0 fully saturated rings. The van der Waals surface area contributed by atoms with Crippen LogP contribution >= 0.6 is 0 Å². The third-order valence-electron chi connectivity index (χ3n) is 3.33. The number of aromatic nitrogens is 1. The lowest BCUT2D eigenvalue weighted by molar-refractivity contribution is 0.0945. The third-order valence-corrected chi connectivity index (χ3v) is 3.33. The van der Waals surface area contributed by atoms with Crippen molar-refractivity contribution in [2.24, 2.45) is 0 Å². The maximum absolute atomic E-state index is 12.1. The van der Waals surface area contributed by atoms with Crippen molar-refractivity contribution in [1.82, 2.24) is 10.3 Å². The number of nitrogens with one attached hydrogen (secondary N) is 1. The molecule has 0 bridgehead atoms. The standard InChI is InChI=1S/C17H20N2O2/c1-13(20)10-16(14-6-3-2-4-7-14)12-19-17(21)15-8-5-9-18-11-15/h2-9,11,13,16,20H,10,12H2,1H3,(H,19,21). The molecule has 2 aromatic rings. The summed E-state index contributed by atoms with van der Waals surface area (Å²) in [6.07, 6.45) is 3.38. The van der Waals surface area contributed by atoms with Crippen molar-refractivity contribution in [3.63, 3.8) is 0 Å². The SMILES string of the molecule is CC(O)CC(CNC(=O)c1cccnc1)c1ccccc1. The molecule has 0 aliphatic rings. The molecule has 2 N–H and O–H groups in total. The highest BCUT2D eigenvalue weighted by atomic mass is 16.3.